The van der Waals surface area contributed by atoms with Crippen LogP contribution in [0.25, 0.3) is 0 Å². The molecule has 0 radical (unpaired) electrons. The molecule has 1 atom stereocenters. The Labute approximate surface area is 169 Å². The number of rotatable bonds is 6. The Kier molecular flexibility index (Phi) is 6.05. The number of esters is 1. The van der Waals surface area contributed by atoms with Crippen LogP contribution in [0.15, 0.2) is 28.6 Å². The van der Waals surface area contributed by atoms with Gasteiger partial charge in [0, 0.05) is 0 Å². The zero-order chi connectivity index (χ0) is 20.3. The standard InChI is InChI=1S/C15H16N4O6S3/c1-24-12(20)8-26-15-18-17-14(27-15)16-13(21)11-7-19(28(2,22)23)9-5-3-4-6-10(9)25-11/h3-6,11H,7-8H2,1-2H3,(H,16,17,21). The molecule has 1 N–H and O–H groups in total. The maximum absolute atomic E-state index is 12.6. The van der Waals surface area contributed by atoms with E-state index >= 15 is 0 Å². The van der Waals surface area contributed by atoms with E-state index in [1.54, 1.807) is 24.3 Å². The number of nitrogens with zero attached hydrogens (tertiary/aromatic N) is 3. The normalized spacial score (nSPS) is 16.1. The Hall–Kier alpha value is -2.38. The first-order valence-corrected chi connectivity index (χ1v) is 11.5. The van der Waals surface area contributed by atoms with Crippen LogP contribution in [-0.2, 0) is 24.3 Å². The van der Waals surface area contributed by atoms with E-state index in [2.05, 4.69) is 20.3 Å². The number of hydrogen-bond acceptors (Lipinski definition) is 10. The van der Waals surface area contributed by atoms with Crippen LogP contribution < -0.4 is 14.4 Å². The predicted molar refractivity (Wildman–Crippen MR) is 104 cm³/mol. The van der Waals surface area contributed by atoms with Crippen molar-refractivity contribution >= 4 is 55.8 Å². The summed E-state index contributed by atoms with van der Waals surface area (Å²) in [4.78, 5) is 23.7. The number of para-hydroxylation sites is 2. The number of nitrogens with one attached hydrogen (secondary N) is 1. The maximum atomic E-state index is 12.6. The molecule has 0 bridgehead atoms. The lowest BCUT2D eigenvalue weighted by molar-refractivity contribution is -0.137. The van der Waals surface area contributed by atoms with E-state index < -0.39 is 28.0 Å². The number of methoxy groups -OCH3 is 1. The summed E-state index contributed by atoms with van der Waals surface area (Å²) in [5, 5.41) is 10.5. The lowest BCUT2D eigenvalue weighted by Crippen LogP contribution is -2.48. The first kappa shape index (κ1) is 20.4. The number of ether oxygens (including phenoxy) is 2. The van der Waals surface area contributed by atoms with Crippen LogP contribution in [0.3, 0.4) is 0 Å². The van der Waals surface area contributed by atoms with Gasteiger partial charge in [0.25, 0.3) is 5.91 Å². The lowest BCUT2D eigenvalue weighted by Gasteiger charge is -2.33. The molecule has 1 aromatic heterocycles. The first-order valence-electron chi connectivity index (χ1n) is 7.85. The molecule has 0 saturated carbocycles. The van der Waals surface area contributed by atoms with Gasteiger partial charge in [-0.3, -0.25) is 19.2 Å². The fourth-order valence-corrected chi connectivity index (χ4v) is 4.84. The Bertz CT molecular complexity index is 993. The van der Waals surface area contributed by atoms with Crippen molar-refractivity contribution < 1.29 is 27.5 Å². The van der Waals surface area contributed by atoms with E-state index in [4.69, 9.17) is 4.74 Å². The van der Waals surface area contributed by atoms with Gasteiger partial charge in [-0.15, -0.1) is 10.2 Å². The zero-order valence-corrected chi connectivity index (χ0v) is 17.3. The lowest BCUT2D eigenvalue weighted by atomic mass is 10.2. The van der Waals surface area contributed by atoms with Gasteiger partial charge in [-0.1, -0.05) is 35.2 Å². The molecule has 1 aliphatic heterocycles. The van der Waals surface area contributed by atoms with E-state index in [1.165, 1.54) is 7.11 Å². The number of fused-ring (bicyclic) bond motifs is 1. The molecule has 0 saturated heterocycles. The number of anilines is 2. The highest BCUT2D eigenvalue weighted by Gasteiger charge is 2.35. The molecule has 1 aromatic carbocycles. The molecule has 1 aliphatic rings. The van der Waals surface area contributed by atoms with E-state index in [1.807, 2.05) is 0 Å². The molecule has 0 spiro atoms. The van der Waals surface area contributed by atoms with Gasteiger partial charge in [0.1, 0.15) is 5.75 Å². The SMILES string of the molecule is COC(=O)CSc1nnc(NC(=O)C2CN(S(C)(=O)=O)c3ccccc3O2)s1. The quantitative estimate of drug-likeness (QED) is 0.394. The summed E-state index contributed by atoms with van der Waals surface area (Å²) in [6.45, 7) is -0.162. The third-order valence-electron chi connectivity index (χ3n) is 3.61. The van der Waals surface area contributed by atoms with Gasteiger partial charge in [-0.25, -0.2) is 8.42 Å². The van der Waals surface area contributed by atoms with Crippen LogP contribution in [0.1, 0.15) is 0 Å². The minimum absolute atomic E-state index is 0.0743. The highest BCUT2D eigenvalue weighted by Crippen LogP contribution is 2.35. The fourth-order valence-electron chi connectivity index (χ4n) is 2.34. The van der Waals surface area contributed by atoms with Gasteiger partial charge >= 0.3 is 5.97 Å². The summed E-state index contributed by atoms with van der Waals surface area (Å²) in [5.74, 6) is -0.582. The van der Waals surface area contributed by atoms with E-state index in [0.29, 0.717) is 15.8 Å². The largest absolute Gasteiger partial charge is 0.476 e. The van der Waals surface area contributed by atoms with Crippen LogP contribution in [0, 0.1) is 0 Å². The molecule has 10 nitrogen and oxygen atoms in total. The molecule has 1 unspecified atom stereocenters. The molecule has 2 heterocycles. The number of thioether (sulfide) groups is 1. The topological polar surface area (TPSA) is 128 Å². The summed E-state index contributed by atoms with van der Waals surface area (Å²) in [5.41, 5.74) is 0.381. The monoisotopic (exact) mass is 444 g/mol. The van der Waals surface area contributed by atoms with Crippen molar-refractivity contribution in [1.29, 1.82) is 0 Å². The van der Waals surface area contributed by atoms with E-state index in [9.17, 15) is 18.0 Å². The summed E-state index contributed by atoms with van der Waals surface area (Å²) in [6, 6.07) is 6.59. The van der Waals surface area contributed by atoms with Gasteiger partial charge in [-0.2, -0.15) is 0 Å². The number of amides is 1. The first-order chi connectivity index (χ1) is 13.3. The minimum Gasteiger partial charge on any atom is -0.476 e. The molecule has 2 aromatic rings. The van der Waals surface area contributed by atoms with E-state index in [-0.39, 0.29) is 17.4 Å². The van der Waals surface area contributed by atoms with Gasteiger partial charge in [-0.05, 0) is 12.1 Å². The Balaban J connectivity index is 1.70. The Morgan fingerprint density at radius 2 is 2.14 bits per heavy atom. The van der Waals surface area contributed by atoms with Crippen molar-refractivity contribution in [3.05, 3.63) is 24.3 Å². The third kappa shape index (κ3) is 4.72. The average molecular weight is 445 g/mol. The molecule has 0 fully saturated rings. The number of sulfonamides is 1. The second-order valence-corrected chi connectivity index (χ2v) is 9.70. The van der Waals surface area contributed by atoms with Gasteiger partial charge in [0.15, 0.2) is 10.4 Å². The van der Waals surface area contributed by atoms with Crippen LogP contribution in [0.5, 0.6) is 5.75 Å². The van der Waals surface area contributed by atoms with Crippen LogP contribution in [0.4, 0.5) is 10.8 Å². The fraction of sp³-hybridized carbons (Fsp3) is 0.333. The molecule has 13 heteroatoms. The molecular weight excluding hydrogens is 428 g/mol. The molecule has 28 heavy (non-hydrogen) atoms. The summed E-state index contributed by atoms with van der Waals surface area (Å²) in [6.07, 6.45) is 0.0132. The van der Waals surface area contributed by atoms with Crippen molar-refractivity contribution in [1.82, 2.24) is 10.2 Å². The number of hydrogen-bond donors (Lipinski definition) is 1. The maximum Gasteiger partial charge on any atom is 0.316 e. The van der Waals surface area contributed by atoms with E-state index in [0.717, 1.165) is 33.7 Å². The summed E-state index contributed by atoms with van der Waals surface area (Å²) in [7, 11) is -2.30. The van der Waals surface area contributed by atoms with Crippen LogP contribution >= 0.6 is 23.1 Å². The number of aromatic nitrogens is 2. The minimum atomic E-state index is -3.59. The predicted octanol–water partition coefficient (Wildman–Crippen LogP) is 0.969. The van der Waals surface area contributed by atoms with Crippen molar-refractivity contribution in [2.24, 2.45) is 0 Å². The van der Waals surface area contributed by atoms with Gasteiger partial charge in [0.2, 0.25) is 15.2 Å². The molecule has 0 aliphatic carbocycles. The second kappa shape index (κ2) is 8.32. The van der Waals surface area contributed by atoms with Crippen molar-refractivity contribution in [3.8, 4) is 5.75 Å². The molecule has 1 amide bonds. The second-order valence-electron chi connectivity index (χ2n) is 5.60. The number of carbonyl (C=O) groups is 2. The average Bonchev–Trinajstić information content (AvgIpc) is 3.11. The van der Waals surface area contributed by atoms with Crippen LogP contribution in [-0.4, -0.2) is 62.3 Å². The Morgan fingerprint density at radius 1 is 1.39 bits per heavy atom. The highest BCUT2D eigenvalue weighted by atomic mass is 32.2. The van der Waals surface area contributed by atoms with Gasteiger partial charge < -0.3 is 9.47 Å². The molecule has 3 rings (SSSR count). The number of benzene rings is 1. The van der Waals surface area contributed by atoms with Crippen LogP contribution in [0.2, 0.25) is 0 Å². The zero-order valence-electron chi connectivity index (χ0n) is 14.8. The summed E-state index contributed by atoms with van der Waals surface area (Å²) >= 11 is 2.21. The smallest absolute Gasteiger partial charge is 0.316 e. The number of carbonyl (C=O) groups excluding carboxylic acids is 2. The Morgan fingerprint density at radius 3 is 2.86 bits per heavy atom. The summed E-state index contributed by atoms with van der Waals surface area (Å²) < 4.78 is 36.0. The molecular formula is C15H16N4O6S3. The highest BCUT2D eigenvalue weighted by molar-refractivity contribution is 8.01. The van der Waals surface area contributed by atoms with Crippen molar-refractivity contribution in [2.45, 2.75) is 10.4 Å². The van der Waals surface area contributed by atoms with Crippen molar-refractivity contribution in [3.63, 3.8) is 0 Å². The molecule has 150 valence electrons. The van der Waals surface area contributed by atoms with Crippen molar-refractivity contribution in [2.75, 3.05) is 35.3 Å². The third-order valence-corrected chi connectivity index (χ3v) is 6.70. The van der Waals surface area contributed by atoms with Gasteiger partial charge in [0.05, 0.1) is 31.4 Å².